The number of rotatable bonds is 45. The molecule has 0 spiro atoms. The van der Waals surface area contributed by atoms with Gasteiger partial charge in [0.15, 0.2) is 57.8 Å². The predicted octanol–water partition coefficient (Wildman–Crippen LogP) is 1.53. The number of hydrogen-bond donors (Lipinski definition) is 20. The highest BCUT2D eigenvalue weighted by Crippen LogP contribution is 2.25. The molecule has 0 saturated carbocycles. The Morgan fingerprint density at radius 2 is 1.28 bits per heavy atom. The second-order valence-electron chi connectivity index (χ2n) is 38.3. The molecule has 2 aromatic heterocycles. The van der Waals surface area contributed by atoms with Gasteiger partial charge in [0, 0.05) is 69.2 Å². The van der Waals surface area contributed by atoms with Crippen molar-refractivity contribution in [1.82, 2.24) is 100 Å². The van der Waals surface area contributed by atoms with Crippen LogP contribution in [0.4, 0.5) is 0 Å². The summed E-state index contributed by atoms with van der Waals surface area (Å²) in [7, 11) is 0. The molecule has 5 amide bonds. The quantitative estimate of drug-likeness (QED) is 0.0114. The van der Waals surface area contributed by atoms with E-state index in [1.54, 1.807) is 107 Å². The van der Waals surface area contributed by atoms with Crippen molar-refractivity contribution in [2.24, 2.45) is 23.3 Å². The number of aromatic nitrogens is 4. The number of ketones is 12. The number of aryl methyl sites for hydroxylation is 2. The van der Waals surface area contributed by atoms with Crippen molar-refractivity contribution in [2.45, 2.75) is 334 Å². The van der Waals surface area contributed by atoms with E-state index in [1.165, 1.54) is 46.8 Å². The monoisotopic (exact) mass is 1950 g/mol. The van der Waals surface area contributed by atoms with Crippen LogP contribution in [0, 0.1) is 11.8 Å². The average molecular weight is 1950 g/mol. The zero-order chi connectivity index (χ0) is 104. The van der Waals surface area contributed by atoms with Gasteiger partial charge >= 0.3 is 0 Å². The van der Waals surface area contributed by atoms with E-state index in [9.17, 15) is 67.7 Å². The van der Waals surface area contributed by atoms with E-state index >= 15 is 24.0 Å². The van der Waals surface area contributed by atoms with Gasteiger partial charge in [-0.3, -0.25) is 102 Å². The molecule has 2 bridgehead atoms. The molecule has 16 atom stereocenters. The Morgan fingerprint density at radius 3 is 1.95 bits per heavy atom. The molecule has 0 saturated heterocycles. The van der Waals surface area contributed by atoms with Crippen molar-refractivity contribution < 1.29 is 91.7 Å². The summed E-state index contributed by atoms with van der Waals surface area (Å²) in [5, 5.41) is 63.6. The number of aliphatic hydroxyl groups is 1. The molecule has 3 heterocycles. The van der Waals surface area contributed by atoms with Crippen LogP contribution in [0.5, 0.6) is 5.75 Å². The van der Waals surface area contributed by atoms with Gasteiger partial charge in [-0.05, 0) is 173 Å². The van der Waals surface area contributed by atoms with Gasteiger partial charge in [0.25, 0.3) is 0 Å². The summed E-state index contributed by atoms with van der Waals surface area (Å²) in [6.07, 6.45) is 4.36. The minimum Gasteiger partial charge on any atom is -0.508 e. The van der Waals surface area contributed by atoms with E-state index in [2.05, 4.69) is 95.5 Å². The number of aliphatic hydroxyl groups excluding tert-OH is 1. The molecule has 0 radical (unpaired) electrons. The molecular formula is C100H153N21O19. The molecule has 140 heavy (non-hydrogen) atoms. The van der Waals surface area contributed by atoms with Crippen molar-refractivity contribution in [1.29, 1.82) is 0 Å². The van der Waals surface area contributed by atoms with Gasteiger partial charge < -0.3 is 69.2 Å². The number of nitrogens with two attached hydrogens (primary N) is 2. The van der Waals surface area contributed by atoms with E-state index in [4.69, 9.17) is 11.5 Å². The summed E-state index contributed by atoms with van der Waals surface area (Å²) >= 11 is 0. The van der Waals surface area contributed by atoms with Crippen LogP contribution in [-0.2, 0) is 114 Å². The molecule has 1 aliphatic heterocycles. The van der Waals surface area contributed by atoms with Crippen molar-refractivity contribution in [3.8, 4) is 5.75 Å². The topological polar surface area (TPSA) is 610 Å². The third-order valence-electron chi connectivity index (χ3n) is 25.3. The van der Waals surface area contributed by atoms with Crippen LogP contribution < -0.4 is 91.7 Å². The SMILES string of the molecule is CCCC[C@H](NCN[C@@H](C)C(=O)CCN[C@@H](C)C(=O)CC(=O)[C@]1(C)CCCc2cn(nn2)CCCCCC[C@@](C)(NC(=O)[C@H](Cc2ccccc2)NN[C@H](C(=O)C(=O)[C@H](CC(C)C)NC(C)=O)[C@@H](C)O)C(=O)CN[C@@H](C)C(=O)CN[C@@H](Cc2ccc(O)cc2)C(=O)N[C@@H](Cc2c[nH]c3ccccc23)C(=O)CN[C@@H](C)C(=O)CC(=O)[C@H](CCC(N)=O)NN[C@@H](CC(C)C)C(=O)N1)C(=O)CN[C@@H](C)C(=O)CN. The number of unbranched alkanes of at least 4 members (excludes halogenated alkanes) is 1. The van der Waals surface area contributed by atoms with Crippen LogP contribution in [0.15, 0.2) is 91.3 Å². The Kier molecular flexibility index (Phi) is 50.2. The van der Waals surface area contributed by atoms with Gasteiger partial charge in [-0.25, -0.2) is 21.7 Å². The Morgan fingerprint density at radius 1 is 0.621 bits per heavy atom. The molecule has 772 valence electrons. The number of nitrogens with zero attached hydrogens (tertiary/aromatic N) is 3. The fourth-order valence-electron chi connectivity index (χ4n) is 16.2. The number of H-pyrrole nitrogens is 1. The number of para-hydroxylation sites is 1. The molecule has 6 rings (SSSR count). The normalized spacial score (nSPS) is 21.9. The number of benzene rings is 3. The third-order valence-corrected chi connectivity index (χ3v) is 25.3. The van der Waals surface area contributed by atoms with Crippen molar-refractivity contribution in [3.63, 3.8) is 0 Å². The van der Waals surface area contributed by atoms with Crippen LogP contribution >= 0.6 is 0 Å². The maximum absolute atomic E-state index is 15.2. The van der Waals surface area contributed by atoms with Crippen LogP contribution in [-0.4, -0.2) is 271 Å². The molecule has 0 aliphatic carbocycles. The lowest BCUT2D eigenvalue weighted by molar-refractivity contribution is -0.142. The Balaban J connectivity index is 1.32. The fourth-order valence-corrected chi connectivity index (χ4v) is 16.2. The number of hydrogen-bond acceptors (Lipinski definition) is 33. The van der Waals surface area contributed by atoms with E-state index in [1.807, 2.05) is 39.0 Å². The fraction of sp³-hybridized carbons (Fsp3) is 0.610. The first-order valence-corrected chi connectivity index (χ1v) is 49.0. The first kappa shape index (κ1) is 118. The number of fused-ring (bicyclic) bond motifs is 3. The number of aromatic hydroxyl groups is 1. The van der Waals surface area contributed by atoms with Gasteiger partial charge in [-0.2, -0.15) is 0 Å². The minimum absolute atomic E-state index is 0.0257. The number of carbonyl (C=O) groups is 17. The van der Waals surface area contributed by atoms with Gasteiger partial charge in [0.05, 0.1) is 129 Å². The maximum atomic E-state index is 15.2. The van der Waals surface area contributed by atoms with E-state index in [0.717, 1.165) is 23.7 Å². The number of amides is 5. The van der Waals surface area contributed by atoms with E-state index in [-0.39, 0.29) is 138 Å². The summed E-state index contributed by atoms with van der Waals surface area (Å²) in [5.41, 5.74) is 22.2. The molecule has 5 aromatic rings. The lowest BCUT2D eigenvalue weighted by Gasteiger charge is -2.33. The number of Topliss-reactive ketones (excluding diaryl/α,β-unsaturated/α-hetero) is 12. The Labute approximate surface area is 820 Å². The minimum atomic E-state index is -1.76. The summed E-state index contributed by atoms with van der Waals surface area (Å²) in [4.78, 5) is 242. The lowest BCUT2D eigenvalue weighted by atomic mass is 9.85. The highest BCUT2D eigenvalue weighted by atomic mass is 16.3. The molecule has 40 heteroatoms. The average Bonchev–Trinajstić information content (AvgIpc) is 1.78. The second kappa shape index (κ2) is 59.7. The second-order valence-corrected chi connectivity index (χ2v) is 38.3. The number of aromatic amines is 1. The van der Waals surface area contributed by atoms with Crippen molar-refractivity contribution >= 4 is 110 Å². The molecule has 22 N–H and O–H groups in total. The van der Waals surface area contributed by atoms with Gasteiger partial charge in [-0.1, -0.05) is 133 Å². The largest absolute Gasteiger partial charge is 0.508 e. The molecule has 1 aliphatic rings. The first-order chi connectivity index (χ1) is 66.3. The number of carbonyl (C=O) groups excluding carboxylic acids is 17. The standard InChI is InChI=1S/C100H153N21O19/c1-15-16-31-75(88(131)54-105-64(9)86(129)51-101)110-58-109-61(6)82(125)39-42-103-62(7)84(127)50-90(133)99(13)41-26-29-71-57-121(120-115-71)43-25-18-17-24-40-100(14,114-98(140)81(47-68-27-20-19-21-28-68)118-119-93(66(11)122)95(137)94(136)78(44-59(2)3)111-67(12)123)91(134)56-106-65(10)87(130)53-108-79(46-69-33-35-72(124)36-34-69)96(138)112-77(48-70-52-107-74-32-23-22-30-73(70)74)89(132)55-104-63(8)83(126)49-85(128)76(37-38-92(102)135)116-117-80(45-60(4)5)97(139)113-99/h19-23,27-28,30,32-36,52,57,59-66,75-81,93,103-110,116-119,122,124H,15-18,24-26,29,31,37-51,53-56,58,101H2,1-14H3,(H2,102,135)(H,111,123)(H,112,138)(H,113,139)(H,114,140)/t61-,62-,63-,64-,65-,66+,75-,76-,77-,78-,79-,80-,81-,93-,99-,100+/m0/s1. The molecule has 40 nitrogen and oxygen atoms in total. The lowest BCUT2D eigenvalue weighted by Crippen LogP contribution is -2.64. The summed E-state index contributed by atoms with van der Waals surface area (Å²) in [6.45, 7) is 21.4. The van der Waals surface area contributed by atoms with Gasteiger partial charge in [-0.15, -0.1) is 5.10 Å². The molecular weight excluding hydrogens is 1800 g/mol. The van der Waals surface area contributed by atoms with Gasteiger partial charge in [0.2, 0.25) is 41.1 Å². The Bertz CT molecular complexity index is 4950. The maximum Gasteiger partial charge on any atom is 0.239 e. The van der Waals surface area contributed by atoms with Crippen molar-refractivity contribution in [2.75, 3.05) is 45.9 Å². The number of primary amides is 1. The summed E-state index contributed by atoms with van der Waals surface area (Å²) < 4.78 is 1.64. The first-order valence-electron chi connectivity index (χ1n) is 49.0. The highest BCUT2D eigenvalue weighted by Gasteiger charge is 2.42. The molecule has 0 fully saturated rings. The number of phenolic OH excluding ortho intramolecular Hbond substituents is 1. The smallest absolute Gasteiger partial charge is 0.239 e. The van der Waals surface area contributed by atoms with Crippen LogP contribution in [0.1, 0.15) is 228 Å². The van der Waals surface area contributed by atoms with Crippen LogP contribution in [0.25, 0.3) is 10.9 Å². The van der Waals surface area contributed by atoms with Crippen LogP contribution in [0.2, 0.25) is 0 Å². The number of nitrogens with one attached hydrogen (secondary N) is 16. The highest BCUT2D eigenvalue weighted by molar-refractivity contribution is 6.41. The van der Waals surface area contributed by atoms with Gasteiger partial charge in [0.1, 0.15) is 23.9 Å². The van der Waals surface area contributed by atoms with E-state index in [0.29, 0.717) is 61.0 Å². The van der Waals surface area contributed by atoms with Crippen LogP contribution in [0.3, 0.4) is 0 Å². The van der Waals surface area contributed by atoms with E-state index < -0.39 is 210 Å². The number of hydrazine groups is 2. The van der Waals surface area contributed by atoms with Crippen molar-refractivity contribution in [3.05, 3.63) is 114 Å². The summed E-state index contributed by atoms with van der Waals surface area (Å²) in [5.74, 6) is -10.9. The molecule has 0 unspecified atom stereocenters. The summed E-state index contributed by atoms with van der Waals surface area (Å²) in [6, 6.07) is 7.67. The molecule has 3 aromatic carbocycles. The number of phenols is 1. The third kappa shape index (κ3) is 40.2. The zero-order valence-electron chi connectivity index (χ0n) is 83.7. The predicted molar refractivity (Wildman–Crippen MR) is 528 cm³/mol. The Hall–Kier alpha value is -11.0. The zero-order valence-corrected chi connectivity index (χ0v) is 83.7.